The smallest absolute Gasteiger partial charge is 0.153 e. The third-order valence-corrected chi connectivity index (χ3v) is 2.61. The molecule has 4 nitrogen and oxygen atoms in total. The van der Waals surface area contributed by atoms with Gasteiger partial charge in [0.1, 0.15) is 18.2 Å². The van der Waals surface area contributed by atoms with Crippen LogP contribution in [0.4, 0.5) is 0 Å². The molecule has 0 aliphatic rings. The van der Waals surface area contributed by atoms with E-state index in [9.17, 15) is 0 Å². The molecular formula is C13H7BrN4. The number of hydrogen-bond donors (Lipinski definition) is 1. The van der Waals surface area contributed by atoms with Crippen LogP contribution < -0.4 is 5.73 Å². The Labute approximate surface area is 113 Å². The molecule has 0 fully saturated rings. The molecule has 0 aliphatic carbocycles. The van der Waals surface area contributed by atoms with Crippen LogP contribution in [0.15, 0.2) is 45.6 Å². The summed E-state index contributed by atoms with van der Waals surface area (Å²) < 4.78 is 0.913. The molecule has 0 atom stereocenters. The SMILES string of the molecule is N#CC(=Cc1ccc(Br)cc1)C(N)=C(C#N)C#N. The molecule has 0 heterocycles. The van der Waals surface area contributed by atoms with Crippen molar-refractivity contribution in [2.24, 2.45) is 5.73 Å². The topological polar surface area (TPSA) is 97.4 Å². The molecule has 0 spiro atoms. The van der Waals surface area contributed by atoms with Crippen LogP contribution in [0, 0.1) is 34.0 Å². The summed E-state index contributed by atoms with van der Waals surface area (Å²) in [4.78, 5) is 0. The molecule has 0 saturated carbocycles. The molecule has 0 saturated heterocycles. The fourth-order valence-corrected chi connectivity index (χ4v) is 1.44. The Bertz CT molecular complexity index is 618. The Morgan fingerprint density at radius 3 is 2.06 bits per heavy atom. The first-order chi connectivity index (χ1) is 8.62. The van der Waals surface area contributed by atoms with Crippen molar-refractivity contribution in [1.29, 1.82) is 15.8 Å². The predicted molar refractivity (Wildman–Crippen MR) is 70.2 cm³/mol. The molecule has 0 aliphatic heterocycles. The van der Waals surface area contributed by atoms with Gasteiger partial charge in [0.25, 0.3) is 0 Å². The van der Waals surface area contributed by atoms with Gasteiger partial charge in [0.15, 0.2) is 5.57 Å². The summed E-state index contributed by atoms with van der Waals surface area (Å²) in [7, 11) is 0. The van der Waals surface area contributed by atoms with Crippen LogP contribution in [0.2, 0.25) is 0 Å². The second-order valence-corrected chi connectivity index (χ2v) is 4.15. The van der Waals surface area contributed by atoms with E-state index in [0.29, 0.717) is 0 Å². The first-order valence-corrected chi connectivity index (χ1v) is 5.59. The minimum atomic E-state index is -0.264. The van der Waals surface area contributed by atoms with Gasteiger partial charge in [0.05, 0.1) is 11.3 Å². The largest absolute Gasteiger partial charge is 0.396 e. The zero-order chi connectivity index (χ0) is 13.5. The molecule has 1 aromatic carbocycles. The molecule has 0 radical (unpaired) electrons. The van der Waals surface area contributed by atoms with E-state index in [1.807, 2.05) is 18.2 Å². The lowest BCUT2D eigenvalue weighted by atomic mass is 10.1. The third-order valence-electron chi connectivity index (χ3n) is 2.08. The number of hydrogen-bond acceptors (Lipinski definition) is 4. The van der Waals surface area contributed by atoms with Crippen LogP contribution in [0.3, 0.4) is 0 Å². The van der Waals surface area contributed by atoms with Crippen molar-refractivity contribution in [2.75, 3.05) is 0 Å². The highest BCUT2D eigenvalue weighted by atomic mass is 79.9. The van der Waals surface area contributed by atoms with Crippen LogP contribution in [0.25, 0.3) is 6.08 Å². The standard InChI is InChI=1S/C13H7BrN4/c14-12-3-1-9(2-4-12)5-10(6-15)13(18)11(7-16)8-17/h1-5H,18H2. The average Bonchev–Trinajstić information content (AvgIpc) is 2.39. The zero-order valence-electron chi connectivity index (χ0n) is 9.18. The highest BCUT2D eigenvalue weighted by Crippen LogP contribution is 2.16. The molecule has 0 unspecified atom stereocenters. The Kier molecular flexibility index (Phi) is 4.69. The van der Waals surface area contributed by atoms with E-state index < -0.39 is 0 Å². The number of nitrogens with two attached hydrogens (primary N) is 1. The Morgan fingerprint density at radius 2 is 1.61 bits per heavy atom. The predicted octanol–water partition coefficient (Wildman–Crippen LogP) is 2.62. The molecule has 1 aromatic rings. The first-order valence-electron chi connectivity index (χ1n) is 4.80. The number of nitrogens with zero attached hydrogens (tertiary/aromatic N) is 3. The van der Waals surface area contributed by atoms with E-state index in [4.69, 9.17) is 21.5 Å². The number of rotatable bonds is 2. The Hall–Kier alpha value is -2.55. The van der Waals surface area contributed by atoms with Crippen molar-refractivity contribution in [2.45, 2.75) is 0 Å². The number of allylic oxidation sites excluding steroid dienone is 2. The second kappa shape index (κ2) is 6.25. The lowest BCUT2D eigenvalue weighted by Crippen LogP contribution is -2.03. The van der Waals surface area contributed by atoms with Gasteiger partial charge in [0.2, 0.25) is 0 Å². The second-order valence-electron chi connectivity index (χ2n) is 3.23. The van der Waals surface area contributed by atoms with Crippen molar-refractivity contribution >= 4 is 22.0 Å². The van der Waals surface area contributed by atoms with E-state index in [1.165, 1.54) is 6.08 Å². The lowest BCUT2D eigenvalue weighted by molar-refractivity contribution is 1.31. The van der Waals surface area contributed by atoms with Gasteiger partial charge in [-0.25, -0.2) is 0 Å². The summed E-state index contributed by atoms with van der Waals surface area (Å²) in [5.74, 6) is 0. The van der Waals surface area contributed by atoms with Gasteiger partial charge < -0.3 is 5.73 Å². The molecule has 86 valence electrons. The van der Waals surface area contributed by atoms with Gasteiger partial charge in [-0.2, -0.15) is 15.8 Å². The van der Waals surface area contributed by atoms with Crippen LogP contribution in [-0.4, -0.2) is 0 Å². The summed E-state index contributed by atoms with van der Waals surface area (Å²) in [6.45, 7) is 0. The van der Waals surface area contributed by atoms with E-state index >= 15 is 0 Å². The van der Waals surface area contributed by atoms with Crippen molar-refractivity contribution in [3.63, 3.8) is 0 Å². The van der Waals surface area contributed by atoms with E-state index in [0.717, 1.165) is 10.0 Å². The molecule has 1 rings (SSSR count). The van der Waals surface area contributed by atoms with E-state index in [-0.39, 0.29) is 16.8 Å². The monoisotopic (exact) mass is 298 g/mol. The average molecular weight is 299 g/mol. The minimum Gasteiger partial charge on any atom is -0.396 e. The third kappa shape index (κ3) is 3.22. The van der Waals surface area contributed by atoms with Crippen molar-refractivity contribution in [3.8, 4) is 18.2 Å². The molecule has 18 heavy (non-hydrogen) atoms. The van der Waals surface area contributed by atoms with Gasteiger partial charge in [-0.1, -0.05) is 28.1 Å². The van der Waals surface area contributed by atoms with E-state index in [2.05, 4.69) is 15.9 Å². The summed E-state index contributed by atoms with van der Waals surface area (Å²) in [6.07, 6.45) is 1.52. The first kappa shape index (κ1) is 13.5. The Morgan fingerprint density at radius 1 is 1.06 bits per heavy atom. The molecular weight excluding hydrogens is 292 g/mol. The van der Waals surface area contributed by atoms with Crippen LogP contribution in [0.5, 0.6) is 0 Å². The van der Waals surface area contributed by atoms with Crippen LogP contribution >= 0.6 is 15.9 Å². The van der Waals surface area contributed by atoms with Crippen molar-refractivity contribution in [1.82, 2.24) is 0 Å². The number of halogens is 1. The fraction of sp³-hybridized carbons (Fsp3) is 0. The van der Waals surface area contributed by atoms with Gasteiger partial charge >= 0.3 is 0 Å². The molecule has 0 amide bonds. The number of nitriles is 3. The quantitative estimate of drug-likeness (QED) is 0.670. The van der Waals surface area contributed by atoms with E-state index in [1.54, 1.807) is 24.3 Å². The Balaban J connectivity index is 3.26. The number of benzene rings is 1. The van der Waals surface area contributed by atoms with Crippen LogP contribution in [-0.2, 0) is 0 Å². The van der Waals surface area contributed by atoms with Gasteiger partial charge in [-0.15, -0.1) is 0 Å². The molecule has 2 N–H and O–H groups in total. The summed E-state index contributed by atoms with van der Waals surface area (Å²) in [5, 5.41) is 26.4. The maximum Gasteiger partial charge on any atom is 0.153 e. The van der Waals surface area contributed by atoms with Crippen molar-refractivity contribution < 1.29 is 0 Å². The maximum atomic E-state index is 8.99. The van der Waals surface area contributed by atoms with Gasteiger partial charge in [0, 0.05) is 4.47 Å². The van der Waals surface area contributed by atoms with Crippen LogP contribution in [0.1, 0.15) is 5.56 Å². The lowest BCUT2D eigenvalue weighted by Gasteiger charge is -1.99. The fourth-order valence-electron chi connectivity index (χ4n) is 1.18. The van der Waals surface area contributed by atoms with Gasteiger partial charge in [-0.05, 0) is 23.8 Å². The summed E-state index contributed by atoms with van der Waals surface area (Å²) >= 11 is 3.30. The molecule has 0 bridgehead atoms. The van der Waals surface area contributed by atoms with Crippen molar-refractivity contribution in [3.05, 3.63) is 51.1 Å². The summed E-state index contributed by atoms with van der Waals surface area (Å²) in [5.41, 5.74) is 6.09. The minimum absolute atomic E-state index is 0.0930. The normalized spacial score (nSPS) is 9.78. The summed E-state index contributed by atoms with van der Waals surface area (Å²) in [6, 6.07) is 12.4. The zero-order valence-corrected chi connectivity index (χ0v) is 10.8. The highest BCUT2D eigenvalue weighted by Gasteiger charge is 2.07. The van der Waals surface area contributed by atoms with Gasteiger partial charge in [-0.3, -0.25) is 0 Å². The molecule has 5 heteroatoms. The maximum absolute atomic E-state index is 8.99. The molecule has 0 aromatic heterocycles. The highest BCUT2D eigenvalue weighted by molar-refractivity contribution is 9.10.